The number of sulfonamides is 1. The van der Waals surface area contributed by atoms with E-state index in [9.17, 15) is 21.6 Å². The van der Waals surface area contributed by atoms with Crippen molar-refractivity contribution < 1.29 is 26.3 Å². The molecule has 3 fully saturated rings. The molecule has 1 N–H and O–H groups in total. The van der Waals surface area contributed by atoms with Crippen LogP contribution in [0.3, 0.4) is 0 Å². The first-order valence-corrected chi connectivity index (χ1v) is 9.62. The first-order valence-electron chi connectivity index (χ1n) is 8.14. The lowest BCUT2D eigenvalue weighted by atomic mass is 9.55. The van der Waals surface area contributed by atoms with Gasteiger partial charge in [0.1, 0.15) is 10.7 Å². The van der Waals surface area contributed by atoms with Crippen molar-refractivity contribution >= 4 is 10.0 Å². The molecule has 2 saturated carbocycles. The molecule has 0 bridgehead atoms. The fourth-order valence-electron chi connectivity index (χ4n) is 4.80. The lowest BCUT2D eigenvalue weighted by molar-refractivity contribution is -0.123. The fraction of sp³-hybridized carbons (Fsp3) is 0.625. The van der Waals surface area contributed by atoms with Crippen LogP contribution in [0, 0.1) is 28.8 Å². The van der Waals surface area contributed by atoms with Crippen LogP contribution in [0.15, 0.2) is 17.0 Å². The van der Waals surface area contributed by atoms with Crippen molar-refractivity contribution in [3.63, 3.8) is 0 Å². The molecule has 0 amide bonds. The third-order valence-electron chi connectivity index (χ3n) is 5.83. The number of benzene rings is 1. The molecule has 1 heterocycles. The first kappa shape index (κ1) is 16.4. The fourth-order valence-corrected chi connectivity index (χ4v) is 6.24. The molecule has 0 aromatic heterocycles. The summed E-state index contributed by atoms with van der Waals surface area (Å²) in [4.78, 5) is -0.850. The van der Waals surface area contributed by atoms with E-state index in [0.717, 1.165) is 32.1 Å². The Morgan fingerprint density at radius 1 is 1.08 bits per heavy atom. The average Bonchev–Trinajstić information content (AvgIpc) is 3.16. The number of rotatable bonds is 3. The highest BCUT2D eigenvalue weighted by atomic mass is 32.2. The SMILES string of the molecule is O=S(=O)(NC1C2CCOC2C12CCCC2)c1cc(F)c(F)cc1F. The van der Waals surface area contributed by atoms with E-state index < -0.39 is 32.4 Å². The number of nitrogens with one attached hydrogen (secondary N) is 1. The smallest absolute Gasteiger partial charge is 0.243 e. The van der Waals surface area contributed by atoms with Crippen LogP contribution in [0.25, 0.3) is 0 Å². The van der Waals surface area contributed by atoms with Crippen molar-refractivity contribution in [3.8, 4) is 0 Å². The third-order valence-corrected chi connectivity index (χ3v) is 7.29. The molecule has 2 aliphatic carbocycles. The summed E-state index contributed by atoms with van der Waals surface area (Å²) in [7, 11) is -4.28. The molecule has 0 radical (unpaired) electrons. The Morgan fingerprint density at radius 2 is 1.75 bits per heavy atom. The van der Waals surface area contributed by atoms with Crippen molar-refractivity contribution in [2.75, 3.05) is 6.61 Å². The van der Waals surface area contributed by atoms with Crippen LogP contribution in [0.4, 0.5) is 13.2 Å². The van der Waals surface area contributed by atoms with Gasteiger partial charge in [-0.2, -0.15) is 0 Å². The Labute approximate surface area is 138 Å². The Kier molecular flexibility index (Phi) is 3.71. The van der Waals surface area contributed by atoms with Crippen LogP contribution in [-0.4, -0.2) is 27.2 Å². The highest BCUT2D eigenvalue weighted by Gasteiger charge is 2.65. The van der Waals surface area contributed by atoms with E-state index in [4.69, 9.17) is 4.74 Å². The predicted octanol–water partition coefficient (Wildman–Crippen LogP) is 2.73. The number of ether oxygens (including phenoxy) is 1. The van der Waals surface area contributed by atoms with Crippen LogP contribution in [0.2, 0.25) is 0 Å². The second-order valence-corrected chi connectivity index (χ2v) is 8.66. The molecule has 24 heavy (non-hydrogen) atoms. The van der Waals surface area contributed by atoms with Crippen molar-refractivity contribution in [3.05, 3.63) is 29.6 Å². The Balaban J connectivity index is 1.65. The van der Waals surface area contributed by atoms with Gasteiger partial charge in [0, 0.05) is 30.0 Å². The van der Waals surface area contributed by atoms with Gasteiger partial charge in [-0.3, -0.25) is 0 Å². The van der Waals surface area contributed by atoms with Gasteiger partial charge >= 0.3 is 0 Å². The van der Waals surface area contributed by atoms with Gasteiger partial charge in [-0.05, 0) is 25.3 Å². The Hall–Kier alpha value is -1.12. The quantitative estimate of drug-likeness (QED) is 0.843. The van der Waals surface area contributed by atoms with Gasteiger partial charge in [-0.1, -0.05) is 12.8 Å². The van der Waals surface area contributed by atoms with Gasteiger partial charge in [0.15, 0.2) is 11.6 Å². The molecule has 1 aromatic carbocycles. The average molecular weight is 361 g/mol. The molecule has 4 rings (SSSR count). The minimum atomic E-state index is -4.28. The summed E-state index contributed by atoms with van der Waals surface area (Å²) >= 11 is 0. The molecule has 8 heteroatoms. The van der Waals surface area contributed by atoms with E-state index >= 15 is 0 Å². The summed E-state index contributed by atoms with van der Waals surface area (Å²) < 4.78 is 73.8. The second-order valence-electron chi connectivity index (χ2n) is 6.98. The van der Waals surface area contributed by atoms with Crippen molar-refractivity contribution in [1.29, 1.82) is 0 Å². The summed E-state index contributed by atoms with van der Waals surface area (Å²) in [6, 6.07) is 0.317. The summed E-state index contributed by atoms with van der Waals surface area (Å²) in [6.07, 6.45) is 4.53. The molecule has 3 aliphatic rings. The van der Waals surface area contributed by atoms with E-state index in [-0.39, 0.29) is 29.5 Å². The zero-order chi connectivity index (χ0) is 17.1. The maximum Gasteiger partial charge on any atom is 0.243 e. The number of halogens is 3. The summed E-state index contributed by atoms with van der Waals surface area (Å²) in [5.74, 6) is -4.03. The first-order chi connectivity index (χ1) is 11.3. The van der Waals surface area contributed by atoms with Gasteiger partial charge in [-0.25, -0.2) is 26.3 Å². The molecule has 1 aliphatic heterocycles. The largest absolute Gasteiger partial charge is 0.377 e. The number of hydrogen-bond donors (Lipinski definition) is 1. The predicted molar refractivity (Wildman–Crippen MR) is 79.2 cm³/mol. The van der Waals surface area contributed by atoms with Gasteiger partial charge in [0.25, 0.3) is 0 Å². The third kappa shape index (κ3) is 2.23. The van der Waals surface area contributed by atoms with E-state index in [1.165, 1.54) is 0 Å². The molecular formula is C16H18F3NO3S. The summed E-state index contributed by atoms with van der Waals surface area (Å²) in [6.45, 7) is 0.592. The summed E-state index contributed by atoms with van der Waals surface area (Å²) in [5, 5.41) is 0. The molecule has 3 atom stereocenters. The molecule has 3 unspecified atom stereocenters. The molecular weight excluding hydrogens is 343 g/mol. The molecule has 132 valence electrons. The van der Waals surface area contributed by atoms with Crippen molar-refractivity contribution in [1.82, 2.24) is 4.72 Å². The van der Waals surface area contributed by atoms with Crippen LogP contribution >= 0.6 is 0 Å². The van der Waals surface area contributed by atoms with Crippen LogP contribution < -0.4 is 4.72 Å². The van der Waals surface area contributed by atoms with E-state index in [1.54, 1.807) is 0 Å². The zero-order valence-corrected chi connectivity index (χ0v) is 13.7. The molecule has 1 saturated heterocycles. The van der Waals surface area contributed by atoms with Crippen LogP contribution in [0.1, 0.15) is 32.1 Å². The van der Waals surface area contributed by atoms with Crippen molar-refractivity contribution in [2.24, 2.45) is 11.3 Å². The molecule has 1 spiro atoms. The number of hydrogen-bond acceptors (Lipinski definition) is 3. The lowest BCUT2D eigenvalue weighted by Gasteiger charge is -2.56. The topological polar surface area (TPSA) is 55.4 Å². The minimum absolute atomic E-state index is 0.0440. The molecule has 1 aromatic rings. The zero-order valence-electron chi connectivity index (χ0n) is 12.9. The Bertz CT molecular complexity index is 777. The normalized spacial score (nSPS) is 31.2. The number of fused-ring (bicyclic) bond motifs is 2. The summed E-state index contributed by atoms with van der Waals surface area (Å²) in [5.41, 5.74) is -0.247. The maximum atomic E-state index is 13.9. The monoisotopic (exact) mass is 361 g/mol. The van der Waals surface area contributed by atoms with E-state index in [0.29, 0.717) is 12.7 Å². The highest BCUT2D eigenvalue weighted by molar-refractivity contribution is 7.89. The van der Waals surface area contributed by atoms with Gasteiger partial charge in [-0.15, -0.1) is 0 Å². The van der Waals surface area contributed by atoms with Gasteiger partial charge in [0.05, 0.1) is 6.10 Å². The second kappa shape index (κ2) is 5.44. The lowest BCUT2D eigenvalue weighted by Crippen LogP contribution is -2.68. The van der Waals surface area contributed by atoms with Crippen LogP contribution in [-0.2, 0) is 14.8 Å². The maximum absolute atomic E-state index is 13.9. The van der Waals surface area contributed by atoms with Crippen LogP contribution in [0.5, 0.6) is 0 Å². The Morgan fingerprint density at radius 3 is 2.46 bits per heavy atom. The van der Waals surface area contributed by atoms with E-state index in [2.05, 4.69) is 4.72 Å². The minimum Gasteiger partial charge on any atom is -0.377 e. The van der Waals surface area contributed by atoms with Crippen molar-refractivity contribution in [2.45, 2.75) is 49.1 Å². The van der Waals surface area contributed by atoms with E-state index in [1.807, 2.05) is 0 Å². The molecule has 4 nitrogen and oxygen atoms in total. The highest BCUT2D eigenvalue weighted by Crippen LogP contribution is 2.60. The van der Waals surface area contributed by atoms with Gasteiger partial charge < -0.3 is 4.74 Å². The van der Waals surface area contributed by atoms with Gasteiger partial charge in [0.2, 0.25) is 10.0 Å². The standard InChI is InChI=1S/C16H18F3NO3S/c17-10-7-12(19)13(8-11(10)18)24(21,22)20-14-9-3-6-23-15(9)16(14)4-1-2-5-16/h7-9,14-15,20H,1-6H2.